The second-order valence-electron chi connectivity index (χ2n) is 5.28. The van der Waals surface area contributed by atoms with Gasteiger partial charge in [0.15, 0.2) is 15.8 Å². The highest BCUT2D eigenvalue weighted by Crippen LogP contribution is 2.29. The van der Waals surface area contributed by atoms with Gasteiger partial charge in [-0.3, -0.25) is 4.79 Å². The number of carbonyl (C=O) groups excluding carboxylic acids is 1. The number of anilines is 1. The number of nitrogens with one attached hydrogen (secondary N) is 1. The van der Waals surface area contributed by atoms with Gasteiger partial charge in [-0.05, 0) is 24.1 Å². The van der Waals surface area contributed by atoms with E-state index in [2.05, 4.69) is 29.4 Å². The smallest absolute Gasteiger partial charge is 0.226 e. The maximum atomic E-state index is 12.1. The van der Waals surface area contributed by atoms with E-state index < -0.39 is 0 Å². The van der Waals surface area contributed by atoms with Crippen molar-refractivity contribution in [1.82, 2.24) is 10.2 Å². The molecule has 2 aromatic rings. The summed E-state index contributed by atoms with van der Waals surface area (Å²) < 4.78 is 11.3. The van der Waals surface area contributed by atoms with Crippen molar-refractivity contribution in [3.8, 4) is 11.5 Å². The number of benzene rings is 1. The average molecular weight is 367 g/mol. The lowest BCUT2D eigenvalue weighted by Crippen LogP contribution is -2.12. The van der Waals surface area contributed by atoms with Gasteiger partial charge in [-0.25, -0.2) is 0 Å². The number of hydrogen-bond donors (Lipinski definition) is 1. The minimum absolute atomic E-state index is 0.0815. The van der Waals surface area contributed by atoms with Gasteiger partial charge in [0, 0.05) is 11.7 Å². The highest BCUT2D eigenvalue weighted by Gasteiger charge is 2.11. The van der Waals surface area contributed by atoms with Crippen molar-refractivity contribution in [3.05, 3.63) is 23.8 Å². The molecule has 0 spiro atoms. The van der Waals surface area contributed by atoms with Crippen molar-refractivity contribution in [3.63, 3.8) is 0 Å². The zero-order valence-corrected chi connectivity index (χ0v) is 15.8. The molecule has 0 bridgehead atoms. The van der Waals surface area contributed by atoms with Gasteiger partial charge in [0.05, 0.1) is 14.2 Å². The summed E-state index contributed by atoms with van der Waals surface area (Å²) in [5.41, 5.74) is 1.01. The van der Waals surface area contributed by atoms with E-state index in [1.165, 1.54) is 11.3 Å². The zero-order chi connectivity index (χ0) is 17.5. The van der Waals surface area contributed by atoms with E-state index in [9.17, 15) is 4.79 Å². The molecular formula is C16H21N3O3S2. The molecule has 0 saturated heterocycles. The van der Waals surface area contributed by atoms with Crippen molar-refractivity contribution in [2.24, 2.45) is 0 Å². The van der Waals surface area contributed by atoms with Gasteiger partial charge < -0.3 is 14.8 Å². The van der Waals surface area contributed by atoms with Crippen molar-refractivity contribution in [2.75, 3.05) is 19.5 Å². The van der Waals surface area contributed by atoms with Gasteiger partial charge in [0.2, 0.25) is 11.0 Å². The number of aryl methyl sites for hydroxylation is 1. The Balaban J connectivity index is 1.88. The fourth-order valence-electron chi connectivity index (χ4n) is 1.99. The molecule has 0 aliphatic rings. The minimum atomic E-state index is -0.0815. The van der Waals surface area contributed by atoms with E-state index in [-0.39, 0.29) is 5.91 Å². The predicted molar refractivity (Wildman–Crippen MR) is 97.4 cm³/mol. The largest absolute Gasteiger partial charge is 0.493 e. The number of rotatable bonds is 8. The molecule has 1 amide bonds. The molecule has 0 aliphatic carbocycles. The molecular weight excluding hydrogens is 346 g/mol. The fourth-order valence-corrected chi connectivity index (χ4v) is 3.98. The van der Waals surface area contributed by atoms with Gasteiger partial charge in [-0.15, -0.1) is 10.2 Å². The van der Waals surface area contributed by atoms with Crippen LogP contribution in [0, 0.1) is 0 Å². The van der Waals surface area contributed by atoms with Crippen LogP contribution in [-0.4, -0.2) is 35.6 Å². The topological polar surface area (TPSA) is 73.3 Å². The molecule has 8 heteroatoms. The third-order valence-electron chi connectivity index (χ3n) is 3.08. The van der Waals surface area contributed by atoms with Crippen LogP contribution >= 0.6 is 23.1 Å². The maximum absolute atomic E-state index is 12.1. The van der Waals surface area contributed by atoms with E-state index in [1.54, 1.807) is 26.0 Å². The number of hydrogen-bond acceptors (Lipinski definition) is 7. The first-order valence-electron chi connectivity index (χ1n) is 7.52. The van der Waals surface area contributed by atoms with Crippen molar-refractivity contribution < 1.29 is 14.3 Å². The Labute approximate surface area is 150 Å². The quantitative estimate of drug-likeness (QED) is 0.567. The monoisotopic (exact) mass is 367 g/mol. The number of aromatic nitrogens is 2. The molecule has 0 aliphatic heterocycles. The summed E-state index contributed by atoms with van der Waals surface area (Å²) in [4.78, 5) is 12.1. The number of ether oxygens (including phenoxy) is 2. The summed E-state index contributed by atoms with van der Waals surface area (Å²) in [6.07, 6.45) is 0.973. The second kappa shape index (κ2) is 8.89. The van der Waals surface area contributed by atoms with Gasteiger partial charge in [-0.1, -0.05) is 43.0 Å². The number of carbonyl (C=O) groups is 1. The van der Waals surface area contributed by atoms with Crippen LogP contribution in [0.4, 0.5) is 5.13 Å². The third kappa shape index (κ3) is 5.38. The summed E-state index contributed by atoms with van der Waals surface area (Å²) >= 11 is 3.03. The average Bonchev–Trinajstić information content (AvgIpc) is 2.98. The van der Waals surface area contributed by atoms with Crippen molar-refractivity contribution >= 4 is 34.1 Å². The highest BCUT2D eigenvalue weighted by atomic mass is 32.2. The maximum Gasteiger partial charge on any atom is 0.226 e. The molecule has 2 rings (SSSR count). The molecule has 1 aromatic carbocycles. The van der Waals surface area contributed by atoms with Crippen LogP contribution in [0.15, 0.2) is 22.5 Å². The molecule has 6 nitrogen and oxygen atoms in total. The van der Waals surface area contributed by atoms with E-state index in [0.29, 0.717) is 34.7 Å². The summed E-state index contributed by atoms with van der Waals surface area (Å²) in [7, 11) is 3.19. The second-order valence-corrected chi connectivity index (χ2v) is 8.08. The van der Waals surface area contributed by atoms with Gasteiger partial charge in [-0.2, -0.15) is 0 Å². The van der Waals surface area contributed by atoms with E-state index in [0.717, 1.165) is 9.90 Å². The van der Waals surface area contributed by atoms with Crippen LogP contribution in [-0.2, 0) is 11.2 Å². The molecule has 1 heterocycles. The predicted octanol–water partition coefficient (Wildman–Crippen LogP) is 3.63. The van der Waals surface area contributed by atoms with E-state index in [4.69, 9.17) is 9.47 Å². The Hall–Kier alpha value is -1.80. The first kappa shape index (κ1) is 18.5. The first-order valence-corrected chi connectivity index (χ1v) is 9.22. The number of nitrogens with zero attached hydrogens (tertiary/aromatic N) is 2. The number of amides is 1. The molecule has 0 fully saturated rings. The lowest BCUT2D eigenvalue weighted by Gasteiger charge is -2.09. The van der Waals surface area contributed by atoms with Crippen molar-refractivity contribution in [1.29, 1.82) is 0 Å². The lowest BCUT2D eigenvalue weighted by atomic mass is 10.1. The summed E-state index contributed by atoms with van der Waals surface area (Å²) in [5.74, 6) is 1.26. The molecule has 130 valence electrons. The lowest BCUT2D eigenvalue weighted by molar-refractivity contribution is -0.116. The molecule has 0 unspecified atom stereocenters. The molecule has 1 aromatic heterocycles. The number of methoxy groups -OCH3 is 2. The van der Waals surface area contributed by atoms with Crippen LogP contribution < -0.4 is 14.8 Å². The van der Waals surface area contributed by atoms with Crippen LogP contribution in [0.2, 0.25) is 0 Å². The normalized spacial score (nSPS) is 10.7. The highest BCUT2D eigenvalue weighted by molar-refractivity contribution is 8.01. The molecule has 24 heavy (non-hydrogen) atoms. The SMILES string of the molecule is COc1ccc(CCC(=O)Nc2nnc(SC(C)C)s2)cc1OC. The standard InChI is InChI=1S/C16H21N3O3S2/c1-10(2)23-16-19-18-15(24-16)17-14(20)8-6-11-5-7-12(21-3)13(9-11)22-4/h5,7,9-10H,6,8H2,1-4H3,(H,17,18,20). The summed E-state index contributed by atoms with van der Waals surface area (Å²) in [5, 5.41) is 11.8. The fraction of sp³-hybridized carbons (Fsp3) is 0.438. The van der Waals surface area contributed by atoms with Gasteiger partial charge in [0.25, 0.3) is 0 Å². The van der Waals surface area contributed by atoms with E-state index in [1.807, 2.05) is 18.2 Å². The van der Waals surface area contributed by atoms with Gasteiger partial charge >= 0.3 is 0 Å². The molecule has 0 radical (unpaired) electrons. The Kier molecular flexibility index (Phi) is 6.86. The van der Waals surface area contributed by atoms with Gasteiger partial charge in [0.1, 0.15) is 0 Å². The molecule has 0 atom stereocenters. The summed E-state index contributed by atoms with van der Waals surface area (Å²) in [6.45, 7) is 4.18. The van der Waals surface area contributed by atoms with Crippen LogP contribution in [0.1, 0.15) is 25.8 Å². The Morgan fingerprint density at radius 3 is 2.67 bits per heavy atom. The molecule has 0 saturated carbocycles. The minimum Gasteiger partial charge on any atom is -0.493 e. The Morgan fingerprint density at radius 1 is 1.25 bits per heavy atom. The first-order chi connectivity index (χ1) is 11.5. The zero-order valence-electron chi connectivity index (χ0n) is 14.2. The van der Waals surface area contributed by atoms with Crippen molar-refractivity contribution in [2.45, 2.75) is 36.3 Å². The number of thioether (sulfide) groups is 1. The molecule has 1 N–H and O–H groups in total. The van der Waals surface area contributed by atoms with E-state index >= 15 is 0 Å². The Bertz CT molecular complexity index is 689. The third-order valence-corrected chi connectivity index (χ3v) is 5.00. The Morgan fingerprint density at radius 2 is 2.00 bits per heavy atom. The van der Waals surface area contributed by atoms with Crippen LogP contribution in [0.5, 0.6) is 11.5 Å². The van der Waals surface area contributed by atoms with Crippen LogP contribution in [0.25, 0.3) is 0 Å². The summed E-state index contributed by atoms with van der Waals surface area (Å²) in [6, 6.07) is 5.65. The van der Waals surface area contributed by atoms with Crippen LogP contribution in [0.3, 0.4) is 0 Å².